The highest BCUT2D eigenvalue weighted by molar-refractivity contribution is 7.98. The summed E-state index contributed by atoms with van der Waals surface area (Å²) in [5.41, 5.74) is 7.02. The second-order valence-electron chi connectivity index (χ2n) is 8.54. The number of carboxylic acids is 1. The summed E-state index contributed by atoms with van der Waals surface area (Å²) in [4.78, 5) is 57.4. The molecular formula is C24H34N6O6S. The number of benzene rings is 1. The Labute approximate surface area is 219 Å². The van der Waals surface area contributed by atoms with E-state index in [1.807, 2.05) is 6.26 Å². The van der Waals surface area contributed by atoms with Gasteiger partial charge in [-0.15, -0.1) is 0 Å². The number of carboxylic acid groups (broad SMARTS) is 1. The number of carbonyl (C=O) groups excluding carboxylic acids is 3. The average Bonchev–Trinajstić information content (AvgIpc) is 3.38. The van der Waals surface area contributed by atoms with E-state index >= 15 is 0 Å². The summed E-state index contributed by atoms with van der Waals surface area (Å²) < 4.78 is 0. The van der Waals surface area contributed by atoms with E-state index in [-0.39, 0.29) is 19.3 Å². The Morgan fingerprint density at radius 2 is 1.59 bits per heavy atom. The molecule has 0 aliphatic heterocycles. The molecule has 3 amide bonds. The van der Waals surface area contributed by atoms with Crippen molar-refractivity contribution in [3.05, 3.63) is 54.1 Å². The van der Waals surface area contributed by atoms with E-state index in [1.165, 1.54) is 31.2 Å². The number of nitrogens with one attached hydrogen (secondary N) is 4. The lowest BCUT2D eigenvalue weighted by Gasteiger charge is -2.25. The largest absolute Gasteiger partial charge is 0.480 e. The maximum atomic E-state index is 13.4. The van der Waals surface area contributed by atoms with E-state index in [0.717, 1.165) is 5.56 Å². The van der Waals surface area contributed by atoms with Gasteiger partial charge >= 0.3 is 5.97 Å². The smallest absolute Gasteiger partial charge is 0.326 e. The van der Waals surface area contributed by atoms with E-state index < -0.39 is 54.0 Å². The van der Waals surface area contributed by atoms with Crippen LogP contribution in [-0.4, -0.2) is 86.2 Å². The fourth-order valence-corrected chi connectivity index (χ4v) is 3.88. The number of aliphatic carboxylic acids is 1. The van der Waals surface area contributed by atoms with Crippen LogP contribution in [0, 0.1) is 0 Å². The van der Waals surface area contributed by atoms with Crippen LogP contribution in [0.15, 0.2) is 42.9 Å². The quantitative estimate of drug-likeness (QED) is 0.153. The van der Waals surface area contributed by atoms with Crippen LogP contribution in [0.2, 0.25) is 0 Å². The van der Waals surface area contributed by atoms with Crippen LogP contribution in [-0.2, 0) is 32.0 Å². The molecule has 0 aliphatic rings. The number of hydrogen-bond donors (Lipinski definition) is 7. The van der Waals surface area contributed by atoms with Crippen molar-refractivity contribution in [3.63, 3.8) is 0 Å². The van der Waals surface area contributed by atoms with Crippen molar-refractivity contribution in [2.24, 2.45) is 5.73 Å². The molecule has 8 N–H and O–H groups in total. The first-order valence-electron chi connectivity index (χ1n) is 11.7. The molecule has 2 aromatic rings. The number of rotatable bonds is 15. The van der Waals surface area contributed by atoms with Gasteiger partial charge in [0.05, 0.1) is 12.4 Å². The molecule has 1 aromatic carbocycles. The number of carbonyl (C=O) groups is 4. The molecule has 2 rings (SSSR count). The highest BCUT2D eigenvalue weighted by Crippen LogP contribution is 2.08. The number of aromatic nitrogens is 2. The predicted molar refractivity (Wildman–Crippen MR) is 139 cm³/mol. The van der Waals surface area contributed by atoms with Crippen LogP contribution in [0.1, 0.15) is 24.6 Å². The zero-order valence-corrected chi connectivity index (χ0v) is 21.5. The molecule has 0 saturated heterocycles. The van der Waals surface area contributed by atoms with Crippen molar-refractivity contribution in [3.8, 4) is 0 Å². The second-order valence-corrected chi connectivity index (χ2v) is 9.53. The van der Waals surface area contributed by atoms with Crippen LogP contribution < -0.4 is 21.7 Å². The van der Waals surface area contributed by atoms with E-state index in [2.05, 4.69) is 25.9 Å². The van der Waals surface area contributed by atoms with E-state index in [9.17, 15) is 29.4 Å². The molecule has 37 heavy (non-hydrogen) atoms. The Morgan fingerprint density at radius 3 is 2.14 bits per heavy atom. The monoisotopic (exact) mass is 534 g/mol. The van der Waals surface area contributed by atoms with Gasteiger partial charge in [-0.1, -0.05) is 30.3 Å². The first kappa shape index (κ1) is 29.8. The van der Waals surface area contributed by atoms with Crippen LogP contribution >= 0.6 is 11.8 Å². The number of amides is 3. The predicted octanol–water partition coefficient (Wildman–Crippen LogP) is -0.805. The fourth-order valence-electron chi connectivity index (χ4n) is 3.41. The number of nitrogens with zero attached hydrogens (tertiary/aromatic N) is 1. The highest BCUT2D eigenvalue weighted by atomic mass is 32.2. The van der Waals surface area contributed by atoms with Gasteiger partial charge in [0.25, 0.3) is 0 Å². The van der Waals surface area contributed by atoms with Gasteiger partial charge in [0.15, 0.2) is 0 Å². The van der Waals surface area contributed by atoms with E-state index in [0.29, 0.717) is 11.4 Å². The number of imidazole rings is 1. The van der Waals surface area contributed by atoms with Gasteiger partial charge < -0.3 is 36.9 Å². The zero-order valence-electron chi connectivity index (χ0n) is 20.7. The Balaban J connectivity index is 2.25. The normalized spacial score (nSPS) is 15.0. The maximum absolute atomic E-state index is 13.4. The SMILES string of the molecule is CSCCC(NC(=O)C(Cc1cnc[nH]1)NC(=O)C(Cc1ccccc1)NC(=O)C(N)C(C)O)C(=O)O. The van der Waals surface area contributed by atoms with Gasteiger partial charge in [-0.3, -0.25) is 14.4 Å². The summed E-state index contributed by atoms with van der Waals surface area (Å²) in [5.74, 6) is -2.77. The molecule has 12 nitrogen and oxygen atoms in total. The first-order chi connectivity index (χ1) is 17.6. The first-order valence-corrected chi connectivity index (χ1v) is 13.1. The highest BCUT2D eigenvalue weighted by Gasteiger charge is 2.31. The minimum absolute atomic E-state index is 0.00559. The Bertz CT molecular complexity index is 1020. The lowest BCUT2D eigenvalue weighted by Crippen LogP contribution is -2.59. The maximum Gasteiger partial charge on any atom is 0.326 e. The molecule has 0 aliphatic carbocycles. The Hall–Kier alpha value is -3.42. The number of aromatic amines is 1. The van der Waals surface area contributed by atoms with Crippen molar-refractivity contribution < 1.29 is 29.4 Å². The van der Waals surface area contributed by atoms with Crippen molar-refractivity contribution in [2.75, 3.05) is 12.0 Å². The van der Waals surface area contributed by atoms with Gasteiger partial charge in [-0.25, -0.2) is 9.78 Å². The van der Waals surface area contributed by atoms with Crippen LogP contribution in [0.25, 0.3) is 0 Å². The summed E-state index contributed by atoms with van der Waals surface area (Å²) in [6.07, 6.45) is 3.89. The Morgan fingerprint density at radius 1 is 1.00 bits per heavy atom. The summed E-state index contributed by atoms with van der Waals surface area (Å²) in [6, 6.07) is 4.24. The van der Waals surface area contributed by atoms with Crippen molar-refractivity contribution in [1.29, 1.82) is 0 Å². The minimum Gasteiger partial charge on any atom is -0.480 e. The molecule has 0 saturated carbocycles. The number of nitrogens with two attached hydrogens (primary N) is 1. The number of hydrogen-bond acceptors (Lipinski definition) is 8. The molecule has 0 radical (unpaired) electrons. The molecule has 5 atom stereocenters. The Kier molecular flexibility index (Phi) is 12.1. The fraction of sp³-hybridized carbons (Fsp3) is 0.458. The van der Waals surface area contributed by atoms with Gasteiger partial charge in [-0.2, -0.15) is 11.8 Å². The van der Waals surface area contributed by atoms with Crippen LogP contribution in [0.4, 0.5) is 0 Å². The third-order valence-corrected chi connectivity index (χ3v) is 6.22. The topological polar surface area (TPSA) is 200 Å². The molecule has 0 spiro atoms. The third-order valence-electron chi connectivity index (χ3n) is 5.58. The molecule has 0 bridgehead atoms. The number of aliphatic hydroxyl groups excluding tert-OH is 1. The van der Waals surface area contributed by atoms with Gasteiger partial charge in [0.1, 0.15) is 24.2 Å². The van der Waals surface area contributed by atoms with Crippen LogP contribution in [0.3, 0.4) is 0 Å². The lowest BCUT2D eigenvalue weighted by atomic mass is 10.0. The molecule has 13 heteroatoms. The molecular weight excluding hydrogens is 500 g/mol. The molecule has 202 valence electrons. The van der Waals surface area contributed by atoms with E-state index in [1.54, 1.807) is 30.3 Å². The number of aliphatic hydroxyl groups is 1. The van der Waals surface area contributed by atoms with E-state index in [4.69, 9.17) is 5.73 Å². The van der Waals surface area contributed by atoms with Crippen molar-refractivity contribution >= 4 is 35.5 Å². The summed E-state index contributed by atoms with van der Waals surface area (Å²) >= 11 is 1.45. The molecule has 5 unspecified atom stereocenters. The standard InChI is InChI=1S/C24H34N6O6S/c1-14(31)20(25)23(34)30-18(10-15-6-4-3-5-7-15)21(32)29-19(11-16-12-26-13-27-16)22(33)28-17(24(35)36)8-9-37-2/h3-7,12-14,17-20,31H,8-11,25H2,1-2H3,(H,26,27)(H,28,33)(H,29,32)(H,30,34)(H,35,36). The summed E-state index contributed by atoms with van der Waals surface area (Å²) in [6.45, 7) is 1.36. The minimum atomic E-state index is -1.26. The number of H-pyrrole nitrogens is 1. The third kappa shape index (κ3) is 9.86. The van der Waals surface area contributed by atoms with Gasteiger partial charge in [0.2, 0.25) is 17.7 Å². The van der Waals surface area contributed by atoms with Crippen molar-refractivity contribution in [1.82, 2.24) is 25.9 Å². The van der Waals surface area contributed by atoms with Crippen molar-refractivity contribution in [2.45, 2.75) is 56.5 Å². The molecule has 0 fully saturated rings. The van der Waals surface area contributed by atoms with Gasteiger partial charge in [-0.05, 0) is 30.9 Å². The van der Waals surface area contributed by atoms with Gasteiger partial charge in [0, 0.05) is 24.7 Å². The second kappa shape index (κ2) is 15.0. The summed E-state index contributed by atoms with van der Waals surface area (Å²) in [5, 5.41) is 26.9. The van der Waals surface area contributed by atoms with Crippen LogP contribution in [0.5, 0.6) is 0 Å². The molecule has 1 aromatic heterocycles. The zero-order chi connectivity index (χ0) is 27.4. The summed E-state index contributed by atoms with van der Waals surface area (Å²) in [7, 11) is 0. The number of thioether (sulfide) groups is 1. The average molecular weight is 535 g/mol. The lowest BCUT2D eigenvalue weighted by molar-refractivity contribution is -0.142. The molecule has 1 heterocycles.